The third-order valence-corrected chi connectivity index (χ3v) is 2.28. The number of H-pyrrole nitrogens is 1. The summed E-state index contributed by atoms with van der Waals surface area (Å²) < 4.78 is 0. The molecule has 12 heavy (non-hydrogen) atoms. The van der Waals surface area contributed by atoms with E-state index in [0.29, 0.717) is 5.92 Å². The van der Waals surface area contributed by atoms with Gasteiger partial charge in [-0.3, -0.25) is 5.10 Å². The van der Waals surface area contributed by atoms with Crippen molar-refractivity contribution in [2.45, 2.75) is 38.1 Å². The van der Waals surface area contributed by atoms with Crippen LogP contribution >= 0.6 is 0 Å². The van der Waals surface area contributed by atoms with Crippen molar-refractivity contribution in [1.82, 2.24) is 15.2 Å². The Bertz CT molecular complexity index is 285. The molecular formula is C8H14N4. The molecule has 4 nitrogen and oxygen atoms in total. The van der Waals surface area contributed by atoms with Gasteiger partial charge in [-0.2, -0.15) is 5.10 Å². The van der Waals surface area contributed by atoms with Crippen molar-refractivity contribution in [2.75, 3.05) is 0 Å². The van der Waals surface area contributed by atoms with Gasteiger partial charge in [-0.1, -0.05) is 13.8 Å². The first-order valence-corrected chi connectivity index (χ1v) is 4.33. The first-order valence-electron chi connectivity index (χ1n) is 4.33. The molecule has 1 saturated carbocycles. The average Bonchev–Trinajstić information content (AvgIpc) is 2.61. The molecule has 4 heteroatoms. The first kappa shape index (κ1) is 7.73. The topological polar surface area (TPSA) is 67.6 Å². The van der Waals surface area contributed by atoms with Crippen molar-refractivity contribution in [3.63, 3.8) is 0 Å². The predicted octanol–water partition coefficient (Wildman–Crippen LogP) is 0.876. The fourth-order valence-corrected chi connectivity index (χ4v) is 1.11. The minimum Gasteiger partial charge on any atom is -0.319 e. The molecule has 66 valence electrons. The maximum atomic E-state index is 5.94. The Labute approximate surface area is 71.6 Å². The largest absolute Gasteiger partial charge is 0.319 e. The molecule has 0 aliphatic heterocycles. The molecule has 1 aromatic rings. The van der Waals surface area contributed by atoms with Crippen LogP contribution in [0.5, 0.6) is 0 Å². The summed E-state index contributed by atoms with van der Waals surface area (Å²) in [6, 6.07) is 0. The van der Waals surface area contributed by atoms with E-state index in [1.807, 2.05) is 0 Å². The second kappa shape index (κ2) is 2.29. The zero-order valence-corrected chi connectivity index (χ0v) is 7.46. The van der Waals surface area contributed by atoms with Crippen LogP contribution in [0.3, 0.4) is 0 Å². The Morgan fingerprint density at radius 2 is 2.17 bits per heavy atom. The van der Waals surface area contributed by atoms with Crippen LogP contribution in [0.4, 0.5) is 0 Å². The molecule has 1 aliphatic carbocycles. The molecule has 0 radical (unpaired) electrons. The van der Waals surface area contributed by atoms with Crippen LogP contribution in [-0.2, 0) is 5.54 Å². The summed E-state index contributed by atoms with van der Waals surface area (Å²) in [7, 11) is 0. The van der Waals surface area contributed by atoms with Gasteiger partial charge in [-0.25, -0.2) is 4.98 Å². The molecular weight excluding hydrogens is 152 g/mol. The highest BCUT2D eigenvalue weighted by atomic mass is 15.2. The number of nitrogens with two attached hydrogens (primary N) is 1. The van der Waals surface area contributed by atoms with Gasteiger partial charge in [0, 0.05) is 5.92 Å². The van der Waals surface area contributed by atoms with Crippen molar-refractivity contribution in [3.05, 3.63) is 11.6 Å². The Hall–Kier alpha value is -0.900. The van der Waals surface area contributed by atoms with Gasteiger partial charge in [0.25, 0.3) is 0 Å². The molecule has 0 bridgehead atoms. The number of nitrogens with one attached hydrogen (secondary N) is 1. The lowest BCUT2D eigenvalue weighted by atomic mass is 10.2. The lowest BCUT2D eigenvalue weighted by Gasteiger charge is -2.00. The van der Waals surface area contributed by atoms with Crippen molar-refractivity contribution < 1.29 is 0 Å². The highest BCUT2D eigenvalue weighted by Gasteiger charge is 2.43. The lowest BCUT2D eigenvalue weighted by Crippen LogP contribution is -2.20. The van der Waals surface area contributed by atoms with E-state index in [0.717, 1.165) is 24.5 Å². The number of hydrogen-bond donors (Lipinski definition) is 2. The number of rotatable bonds is 2. The van der Waals surface area contributed by atoms with E-state index in [-0.39, 0.29) is 5.54 Å². The summed E-state index contributed by atoms with van der Waals surface area (Å²) in [5.41, 5.74) is 5.73. The number of hydrogen-bond acceptors (Lipinski definition) is 3. The quantitative estimate of drug-likeness (QED) is 0.685. The summed E-state index contributed by atoms with van der Waals surface area (Å²) in [5.74, 6) is 2.11. The third-order valence-electron chi connectivity index (χ3n) is 2.28. The zero-order valence-electron chi connectivity index (χ0n) is 7.46. The van der Waals surface area contributed by atoms with Crippen LogP contribution in [0.1, 0.15) is 44.3 Å². The summed E-state index contributed by atoms with van der Waals surface area (Å²) in [5, 5.41) is 7.02. The van der Waals surface area contributed by atoms with Gasteiger partial charge in [-0.05, 0) is 12.8 Å². The molecule has 1 heterocycles. The van der Waals surface area contributed by atoms with Crippen molar-refractivity contribution >= 4 is 0 Å². The van der Waals surface area contributed by atoms with Crippen LogP contribution in [0.25, 0.3) is 0 Å². The Morgan fingerprint density at radius 3 is 2.58 bits per heavy atom. The van der Waals surface area contributed by atoms with E-state index in [1.165, 1.54) is 0 Å². The highest BCUT2D eigenvalue weighted by Crippen LogP contribution is 2.40. The molecule has 0 spiro atoms. The van der Waals surface area contributed by atoms with Crippen molar-refractivity contribution in [2.24, 2.45) is 5.73 Å². The van der Waals surface area contributed by atoms with Crippen LogP contribution in [0, 0.1) is 0 Å². The van der Waals surface area contributed by atoms with Gasteiger partial charge in [0.2, 0.25) is 0 Å². The molecule has 0 unspecified atom stereocenters. The SMILES string of the molecule is CC(C)c1nc(C2(N)CC2)n[nH]1. The van der Waals surface area contributed by atoms with E-state index >= 15 is 0 Å². The summed E-state index contributed by atoms with van der Waals surface area (Å²) in [4.78, 5) is 4.35. The minimum atomic E-state index is -0.205. The second-order valence-corrected chi connectivity index (χ2v) is 3.86. The van der Waals surface area contributed by atoms with E-state index in [1.54, 1.807) is 0 Å². The summed E-state index contributed by atoms with van der Waals surface area (Å²) in [6.07, 6.45) is 2.03. The maximum Gasteiger partial charge on any atom is 0.170 e. The van der Waals surface area contributed by atoms with E-state index in [4.69, 9.17) is 5.73 Å². The van der Waals surface area contributed by atoms with Gasteiger partial charge >= 0.3 is 0 Å². The van der Waals surface area contributed by atoms with Gasteiger partial charge in [0.1, 0.15) is 5.82 Å². The molecule has 1 aromatic heterocycles. The average molecular weight is 166 g/mol. The Balaban J connectivity index is 2.25. The van der Waals surface area contributed by atoms with E-state index < -0.39 is 0 Å². The molecule has 0 atom stereocenters. The number of aromatic nitrogens is 3. The normalized spacial score (nSPS) is 20.0. The van der Waals surface area contributed by atoms with Crippen molar-refractivity contribution in [1.29, 1.82) is 0 Å². The molecule has 1 aliphatic rings. The summed E-state index contributed by atoms with van der Waals surface area (Å²) in [6.45, 7) is 4.17. The fraction of sp³-hybridized carbons (Fsp3) is 0.750. The van der Waals surface area contributed by atoms with Crippen LogP contribution < -0.4 is 5.73 Å². The second-order valence-electron chi connectivity index (χ2n) is 3.86. The standard InChI is InChI=1S/C8H14N4/c1-5(2)6-10-7(12-11-6)8(9)3-4-8/h5H,3-4,9H2,1-2H3,(H,10,11,12). The minimum absolute atomic E-state index is 0.205. The first-order chi connectivity index (χ1) is 5.62. The van der Waals surface area contributed by atoms with Crippen LogP contribution in [-0.4, -0.2) is 15.2 Å². The predicted molar refractivity (Wildman–Crippen MR) is 45.6 cm³/mol. The number of aromatic amines is 1. The zero-order chi connectivity index (χ0) is 8.77. The van der Waals surface area contributed by atoms with Gasteiger partial charge in [-0.15, -0.1) is 0 Å². The monoisotopic (exact) mass is 166 g/mol. The lowest BCUT2D eigenvalue weighted by molar-refractivity contribution is 0.675. The Kier molecular flexibility index (Phi) is 1.48. The fourth-order valence-electron chi connectivity index (χ4n) is 1.11. The highest BCUT2D eigenvalue weighted by molar-refractivity contribution is 5.14. The van der Waals surface area contributed by atoms with Gasteiger partial charge < -0.3 is 5.73 Å². The number of nitrogens with zero attached hydrogens (tertiary/aromatic N) is 2. The van der Waals surface area contributed by atoms with Gasteiger partial charge in [0.05, 0.1) is 5.54 Å². The molecule has 3 N–H and O–H groups in total. The third kappa shape index (κ3) is 1.12. The molecule has 0 aromatic carbocycles. The summed E-state index contributed by atoms with van der Waals surface area (Å²) >= 11 is 0. The molecule has 0 amide bonds. The maximum absolute atomic E-state index is 5.94. The molecule has 0 saturated heterocycles. The van der Waals surface area contributed by atoms with Crippen LogP contribution in [0.15, 0.2) is 0 Å². The van der Waals surface area contributed by atoms with Crippen LogP contribution in [0.2, 0.25) is 0 Å². The smallest absolute Gasteiger partial charge is 0.170 e. The van der Waals surface area contributed by atoms with E-state index in [2.05, 4.69) is 29.0 Å². The van der Waals surface area contributed by atoms with Gasteiger partial charge in [0.15, 0.2) is 5.82 Å². The molecule has 2 rings (SSSR count). The molecule has 1 fully saturated rings. The van der Waals surface area contributed by atoms with Crippen molar-refractivity contribution in [3.8, 4) is 0 Å². The van der Waals surface area contributed by atoms with E-state index in [9.17, 15) is 0 Å². The Morgan fingerprint density at radius 1 is 1.50 bits per heavy atom.